The molecule has 1 aliphatic heterocycles. The van der Waals surface area contributed by atoms with E-state index in [0.29, 0.717) is 31.7 Å². The predicted octanol–water partition coefficient (Wildman–Crippen LogP) is 2.08. The number of benzene rings is 1. The molecule has 1 amide bonds. The number of carbonyl (C=O) groups is 1. The van der Waals surface area contributed by atoms with Crippen molar-refractivity contribution in [3.05, 3.63) is 59.7 Å². The van der Waals surface area contributed by atoms with Crippen molar-refractivity contribution in [1.29, 1.82) is 0 Å². The number of anilines is 1. The molecular formula is C22H27FN4O2. The van der Waals surface area contributed by atoms with Gasteiger partial charge in [-0.1, -0.05) is 12.1 Å². The number of nitrogens with one attached hydrogen (secondary N) is 2. The second kappa shape index (κ2) is 8.18. The molecule has 4 rings (SSSR count). The minimum atomic E-state index is -0.548. The molecule has 2 aliphatic rings. The number of rotatable bonds is 7. The maximum Gasteiger partial charge on any atom is 0.241 e. The van der Waals surface area contributed by atoms with Gasteiger partial charge in [0.05, 0.1) is 29.1 Å². The van der Waals surface area contributed by atoms with Crippen molar-refractivity contribution in [1.82, 2.24) is 10.3 Å². The molecule has 2 aromatic rings. The van der Waals surface area contributed by atoms with Gasteiger partial charge in [-0.3, -0.25) is 9.78 Å². The molecule has 1 aromatic carbocycles. The molecule has 6 nitrogen and oxygen atoms in total. The van der Waals surface area contributed by atoms with Gasteiger partial charge in [-0.2, -0.15) is 0 Å². The highest BCUT2D eigenvalue weighted by Crippen LogP contribution is 2.46. The molecule has 3 atom stereocenters. The lowest BCUT2D eigenvalue weighted by Crippen LogP contribution is -2.40. The normalized spacial score (nSPS) is 23.6. The summed E-state index contributed by atoms with van der Waals surface area (Å²) in [4.78, 5) is 16.8. The number of nitrogens with zero attached hydrogens (tertiary/aromatic N) is 1. The molecule has 1 aromatic heterocycles. The van der Waals surface area contributed by atoms with Crippen molar-refractivity contribution in [3.8, 4) is 0 Å². The van der Waals surface area contributed by atoms with E-state index >= 15 is 0 Å². The Hall–Kier alpha value is -2.35. The standard InChI is InChI=1S/C22H27FN4O2/c23-17-7-4-14(11-18(17)27-21(29)19-12-16(28)13-26-19)8-9-22(24,15-5-6-15)20-3-1-2-10-25-20/h1-4,7,10-11,15-16,19,26,28H,5-6,8-9,12-13,24H2,(H,27,29)/t16-,19-,22+/m1/s1. The van der Waals surface area contributed by atoms with Crippen LogP contribution in [0.4, 0.5) is 10.1 Å². The smallest absolute Gasteiger partial charge is 0.241 e. The van der Waals surface area contributed by atoms with Gasteiger partial charge >= 0.3 is 0 Å². The van der Waals surface area contributed by atoms with Gasteiger partial charge in [0, 0.05) is 12.7 Å². The quantitative estimate of drug-likeness (QED) is 0.572. The molecule has 1 aliphatic carbocycles. The zero-order valence-electron chi connectivity index (χ0n) is 16.3. The zero-order valence-corrected chi connectivity index (χ0v) is 16.3. The molecule has 1 saturated carbocycles. The predicted molar refractivity (Wildman–Crippen MR) is 109 cm³/mol. The van der Waals surface area contributed by atoms with E-state index in [1.54, 1.807) is 18.3 Å². The first-order chi connectivity index (χ1) is 14.0. The highest BCUT2D eigenvalue weighted by molar-refractivity contribution is 5.95. The number of aliphatic hydroxyl groups is 1. The van der Waals surface area contributed by atoms with Crippen molar-refractivity contribution in [2.24, 2.45) is 11.7 Å². The van der Waals surface area contributed by atoms with Gasteiger partial charge in [-0.25, -0.2) is 4.39 Å². The molecule has 7 heteroatoms. The van der Waals surface area contributed by atoms with Crippen LogP contribution in [0.15, 0.2) is 42.6 Å². The minimum Gasteiger partial charge on any atom is -0.392 e. The number of pyridine rings is 1. The fourth-order valence-corrected chi connectivity index (χ4v) is 4.09. The number of hydrogen-bond donors (Lipinski definition) is 4. The molecule has 5 N–H and O–H groups in total. The maximum atomic E-state index is 14.3. The van der Waals surface area contributed by atoms with Gasteiger partial charge in [-0.05, 0) is 67.9 Å². The van der Waals surface area contributed by atoms with Crippen molar-refractivity contribution < 1.29 is 14.3 Å². The third-order valence-electron chi connectivity index (χ3n) is 5.99. The van der Waals surface area contributed by atoms with Crippen LogP contribution in [0.2, 0.25) is 0 Å². The number of hydrogen-bond acceptors (Lipinski definition) is 5. The Morgan fingerprint density at radius 3 is 2.83 bits per heavy atom. The molecule has 154 valence electrons. The van der Waals surface area contributed by atoms with E-state index in [-0.39, 0.29) is 11.6 Å². The summed E-state index contributed by atoms with van der Waals surface area (Å²) in [6, 6.07) is 10.1. The van der Waals surface area contributed by atoms with E-state index in [1.165, 1.54) is 6.07 Å². The number of halogens is 1. The summed E-state index contributed by atoms with van der Waals surface area (Å²) in [6.45, 7) is 0.369. The third-order valence-corrected chi connectivity index (χ3v) is 5.99. The average Bonchev–Trinajstić information content (AvgIpc) is 3.50. The van der Waals surface area contributed by atoms with Gasteiger partial charge in [-0.15, -0.1) is 0 Å². The van der Waals surface area contributed by atoms with E-state index in [4.69, 9.17) is 5.73 Å². The van der Waals surface area contributed by atoms with E-state index in [1.807, 2.05) is 18.2 Å². The van der Waals surface area contributed by atoms with Crippen LogP contribution in [0, 0.1) is 11.7 Å². The Morgan fingerprint density at radius 2 is 2.17 bits per heavy atom. The summed E-state index contributed by atoms with van der Waals surface area (Å²) in [5.41, 5.74) is 8.24. The summed E-state index contributed by atoms with van der Waals surface area (Å²) in [6.07, 6.45) is 5.09. The molecule has 2 fully saturated rings. The van der Waals surface area contributed by atoms with Crippen molar-refractivity contribution in [3.63, 3.8) is 0 Å². The largest absolute Gasteiger partial charge is 0.392 e. The number of carbonyl (C=O) groups excluding carboxylic acids is 1. The number of aliphatic hydroxyl groups excluding tert-OH is 1. The van der Waals surface area contributed by atoms with Crippen LogP contribution >= 0.6 is 0 Å². The van der Waals surface area contributed by atoms with Gasteiger partial charge in [0.15, 0.2) is 0 Å². The first-order valence-corrected chi connectivity index (χ1v) is 10.2. The summed E-state index contributed by atoms with van der Waals surface area (Å²) >= 11 is 0. The highest BCUT2D eigenvalue weighted by atomic mass is 19.1. The lowest BCUT2D eigenvalue weighted by Gasteiger charge is -2.29. The van der Waals surface area contributed by atoms with Crippen LogP contribution in [0.3, 0.4) is 0 Å². The molecule has 0 unspecified atom stereocenters. The number of aromatic nitrogens is 1. The van der Waals surface area contributed by atoms with Gasteiger partial charge < -0.3 is 21.5 Å². The molecule has 0 bridgehead atoms. The Balaban J connectivity index is 1.45. The van der Waals surface area contributed by atoms with E-state index in [9.17, 15) is 14.3 Å². The summed E-state index contributed by atoms with van der Waals surface area (Å²) in [7, 11) is 0. The van der Waals surface area contributed by atoms with Crippen molar-refractivity contribution >= 4 is 11.6 Å². The van der Waals surface area contributed by atoms with E-state index in [2.05, 4.69) is 15.6 Å². The topological polar surface area (TPSA) is 100 Å². The fourth-order valence-electron chi connectivity index (χ4n) is 4.09. The van der Waals surface area contributed by atoms with E-state index < -0.39 is 23.5 Å². The average molecular weight is 398 g/mol. The summed E-state index contributed by atoms with van der Waals surface area (Å²) in [5, 5.41) is 15.2. The van der Waals surface area contributed by atoms with Crippen LogP contribution in [-0.2, 0) is 16.8 Å². The molecule has 29 heavy (non-hydrogen) atoms. The Bertz CT molecular complexity index is 874. The van der Waals surface area contributed by atoms with Gasteiger partial charge in [0.2, 0.25) is 5.91 Å². The van der Waals surface area contributed by atoms with E-state index in [0.717, 1.165) is 24.1 Å². The number of aryl methyl sites for hydroxylation is 1. The number of nitrogens with two attached hydrogens (primary N) is 1. The molecule has 0 spiro atoms. The van der Waals surface area contributed by atoms with Crippen LogP contribution in [0.1, 0.15) is 36.9 Å². The van der Waals surface area contributed by atoms with Crippen molar-refractivity contribution in [2.75, 3.05) is 11.9 Å². The maximum absolute atomic E-state index is 14.3. The molecule has 1 saturated heterocycles. The monoisotopic (exact) mass is 398 g/mol. The Labute approximate surface area is 169 Å². The Kier molecular flexibility index (Phi) is 5.63. The fraction of sp³-hybridized carbons (Fsp3) is 0.455. The zero-order chi connectivity index (χ0) is 20.4. The minimum absolute atomic E-state index is 0.155. The summed E-state index contributed by atoms with van der Waals surface area (Å²) in [5.74, 6) is -0.402. The first kappa shape index (κ1) is 19.9. The van der Waals surface area contributed by atoms with Crippen LogP contribution in [-0.4, -0.2) is 34.7 Å². The first-order valence-electron chi connectivity index (χ1n) is 10.2. The summed E-state index contributed by atoms with van der Waals surface area (Å²) < 4.78 is 14.3. The van der Waals surface area contributed by atoms with Crippen LogP contribution in [0.25, 0.3) is 0 Å². The molecule has 0 radical (unpaired) electrons. The second-order valence-electron chi connectivity index (χ2n) is 8.18. The number of amides is 1. The third kappa shape index (κ3) is 4.47. The lowest BCUT2D eigenvalue weighted by molar-refractivity contribution is -0.118. The van der Waals surface area contributed by atoms with Gasteiger partial charge in [0.25, 0.3) is 0 Å². The number of β-amino-alcohol motifs (C(OH)–C–C–N with tert-alkyl or cyclic N) is 1. The van der Waals surface area contributed by atoms with Crippen molar-refractivity contribution in [2.45, 2.75) is 49.8 Å². The SMILES string of the molecule is N[C@](CCc1ccc(F)c(NC(=O)[C@H]2C[C@@H](O)CN2)c1)(c1ccccn1)C1CC1. The van der Waals surface area contributed by atoms with Crippen LogP contribution in [0.5, 0.6) is 0 Å². The van der Waals surface area contributed by atoms with Gasteiger partial charge in [0.1, 0.15) is 5.82 Å². The second-order valence-corrected chi connectivity index (χ2v) is 8.18. The molecular weight excluding hydrogens is 371 g/mol. The Morgan fingerprint density at radius 1 is 1.34 bits per heavy atom. The van der Waals surface area contributed by atoms with Crippen LogP contribution < -0.4 is 16.4 Å². The lowest BCUT2D eigenvalue weighted by atomic mass is 9.84. The highest BCUT2D eigenvalue weighted by Gasteiger charge is 2.44. The molecule has 2 heterocycles.